The van der Waals surface area contributed by atoms with Crippen molar-refractivity contribution in [1.29, 1.82) is 0 Å². The van der Waals surface area contributed by atoms with Gasteiger partial charge in [-0.3, -0.25) is 4.68 Å². The number of aromatic nitrogens is 2. The van der Waals surface area contributed by atoms with E-state index in [2.05, 4.69) is 5.10 Å². The zero-order valence-corrected chi connectivity index (χ0v) is 13.1. The summed E-state index contributed by atoms with van der Waals surface area (Å²) in [5, 5.41) is 3.85. The van der Waals surface area contributed by atoms with Crippen molar-refractivity contribution in [3.05, 3.63) is 12.4 Å². The zero-order chi connectivity index (χ0) is 15.0. The minimum absolute atomic E-state index is 0.0301. The highest BCUT2D eigenvalue weighted by Crippen LogP contribution is 2.17. The van der Waals surface area contributed by atoms with Gasteiger partial charge in [-0.1, -0.05) is 0 Å². The molecule has 0 aliphatic carbocycles. The van der Waals surface area contributed by atoms with Gasteiger partial charge >= 0.3 is 0 Å². The maximum absolute atomic E-state index is 12.3. The maximum atomic E-state index is 12.3. The van der Waals surface area contributed by atoms with Crippen LogP contribution in [0.3, 0.4) is 0 Å². The molecule has 0 aromatic carbocycles. The fourth-order valence-corrected chi connectivity index (χ4v) is 4.54. The molecule has 1 aliphatic rings. The van der Waals surface area contributed by atoms with Crippen LogP contribution in [0.2, 0.25) is 0 Å². The van der Waals surface area contributed by atoms with E-state index in [1.165, 1.54) is 25.7 Å². The molecule has 0 amide bonds. The van der Waals surface area contributed by atoms with E-state index in [4.69, 9.17) is 0 Å². The summed E-state index contributed by atoms with van der Waals surface area (Å²) in [5.74, 6) is 0.0301. The first-order chi connectivity index (χ1) is 9.27. The number of hydrogen-bond acceptors (Lipinski definition) is 5. The van der Waals surface area contributed by atoms with Gasteiger partial charge < -0.3 is 0 Å². The van der Waals surface area contributed by atoms with Gasteiger partial charge in [0.25, 0.3) is 0 Å². The lowest BCUT2D eigenvalue weighted by atomic mass is 10.4. The van der Waals surface area contributed by atoms with Crippen molar-refractivity contribution in [3.63, 3.8) is 0 Å². The molecule has 2 heterocycles. The number of piperazine rings is 1. The number of sulfonamides is 2. The molecular weight excluding hydrogens is 304 g/mol. The van der Waals surface area contributed by atoms with Gasteiger partial charge in [0.05, 0.1) is 11.9 Å². The molecule has 0 bridgehead atoms. The maximum Gasteiger partial charge on any atom is 0.246 e. The van der Waals surface area contributed by atoms with Crippen LogP contribution in [-0.4, -0.2) is 67.2 Å². The molecule has 0 saturated carbocycles. The Morgan fingerprint density at radius 2 is 1.65 bits per heavy atom. The summed E-state index contributed by atoms with van der Waals surface area (Å²) in [6.07, 6.45) is 2.73. The summed E-state index contributed by atoms with van der Waals surface area (Å²) in [5.41, 5.74) is 0. The van der Waals surface area contributed by atoms with Crippen molar-refractivity contribution in [3.8, 4) is 0 Å². The molecule has 1 aliphatic heterocycles. The standard InChI is InChI=1S/C10H18N4O4S2/c1-3-19(15,16)13-4-6-14(7-5-13)20(17,18)10-8-11-12(2)9-10/h8-9H,3-7H2,1-2H3. The second-order valence-electron chi connectivity index (χ2n) is 4.55. The second-order valence-corrected chi connectivity index (χ2v) is 8.75. The van der Waals surface area contributed by atoms with E-state index in [0.717, 1.165) is 0 Å². The molecule has 8 nitrogen and oxygen atoms in total. The van der Waals surface area contributed by atoms with E-state index >= 15 is 0 Å². The Balaban J connectivity index is 2.11. The zero-order valence-electron chi connectivity index (χ0n) is 11.4. The van der Waals surface area contributed by atoms with Crippen LogP contribution in [0.15, 0.2) is 17.3 Å². The van der Waals surface area contributed by atoms with Crippen molar-refractivity contribution in [1.82, 2.24) is 18.4 Å². The molecule has 20 heavy (non-hydrogen) atoms. The first kappa shape index (κ1) is 15.4. The number of rotatable bonds is 4. The average molecular weight is 322 g/mol. The Hall–Kier alpha value is -0.970. The van der Waals surface area contributed by atoms with Crippen LogP contribution in [-0.2, 0) is 27.1 Å². The molecule has 0 radical (unpaired) electrons. The summed E-state index contributed by atoms with van der Waals surface area (Å²) in [7, 11) is -5.20. The van der Waals surface area contributed by atoms with Gasteiger partial charge in [-0.2, -0.15) is 13.7 Å². The molecule has 114 valence electrons. The van der Waals surface area contributed by atoms with E-state index in [-0.39, 0.29) is 36.8 Å². The van der Waals surface area contributed by atoms with Gasteiger partial charge in [-0.05, 0) is 6.92 Å². The SMILES string of the molecule is CCS(=O)(=O)N1CCN(S(=O)(=O)c2cnn(C)c2)CC1. The van der Waals surface area contributed by atoms with Gasteiger partial charge in [0.15, 0.2) is 0 Å². The Morgan fingerprint density at radius 1 is 1.10 bits per heavy atom. The van der Waals surface area contributed by atoms with Gasteiger partial charge in [0.1, 0.15) is 4.90 Å². The molecule has 10 heteroatoms. The number of aryl methyl sites for hydroxylation is 1. The van der Waals surface area contributed by atoms with Crippen LogP contribution in [0.5, 0.6) is 0 Å². The summed E-state index contributed by atoms with van der Waals surface area (Å²) in [6, 6.07) is 0. The Labute approximate surface area is 119 Å². The van der Waals surface area contributed by atoms with Gasteiger partial charge in [-0.15, -0.1) is 0 Å². The molecule has 1 fully saturated rings. The Morgan fingerprint density at radius 3 is 2.10 bits per heavy atom. The smallest absolute Gasteiger partial charge is 0.246 e. The fourth-order valence-electron chi connectivity index (χ4n) is 2.05. The van der Waals surface area contributed by atoms with Crippen LogP contribution in [0.25, 0.3) is 0 Å². The molecule has 0 N–H and O–H groups in total. The Kier molecular flexibility index (Phi) is 4.19. The highest BCUT2D eigenvalue weighted by atomic mass is 32.2. The third kappa shape index (κ3) is 2.87. The fraction of sp³-hybridized carbons (Fsp3) is 0.700. The lowest BCUT2D eigenvalue weighted by Gasteiger charge is -2.32. The van der Waals surface area contributed by atoms with Gasteiger partial charge in [-0.25, -0.2) is 16.8 Å². The van der Waals surface area contributed by atoms with Crippen molar-refractivity contribution in [2.75, 3.05) is 31.9 Å². The van der Waals surface area contributed by atoms with Crippen molar-refractivity contribution < 1.29 is 16.8 Å². The quantitative estimate of drug-likeness (QED) is 0.714. The van der Waals surface area contributed by atoms with Crippen molar-refractivity contribution in [2.45, 2.75) is 11.8 Å². The van der Waals surface area contributed by atoms with E-state index in [9.17, 15) is 16.8 Å². The molecule has 1 aromatic rings. The molecule has 0 spiro atoms. The van der Waals surface area contributed by atoms with Crippen LogP contribution in [0.4, 0.5) is 0 Å². The third-order valence-electron chi connectivity index (χ3n) is 3.27. The van der Waals surface area contributed by atoms with E-state index in [0.29, 0.717) is 0 Å². The number of nitrogens with zero attached hydrogens (tertiary/aromatic N) is 4. The van der Waals surface area contributed by atoms with Crippen LogP contribution >= 0.6 is 0 Å². The summed E-state index contributed by atoms with van der Waals surface area (Å²) in [6.45, 7) is 2.28. The lowest BCUT2D eigenvalue weighted by molar-refractivity contribution is 0.273. The van der Waals surface area contributed by atoms with Crippen molar-refractivity contribution >= 4 is 20.0 Å². The molecule has 1 saturated heterocycles. The lowest BCUT2D eigenvalue weighted by Crippen LogP contribution is -2.50. The molecule has 0 atom stereocenters. The molecule has 2 rings (SSSR count). The highest BCUT2D eigenvalue weighted by molar-refractivity contribution is 7.89. The Bertz CT molecular complexity index is 672. The highest BCUT2D eigenvalue weighted by Gasteiger charge is 2.32. The summed E-state index contributed by atoms with van der Waals surface area (Å²) in [4.78, 5) is 0.131. The average Bonchev–Trinajstić information content (AvgIpc) is 2.86. The minimum atomic E-state index is -3.59. The number of hydrogen-bond donors (Lipinski definition) is 0. The molecular formula is C10H18N4O4S2. The van der Waals surface area contributed by atoms with Crippen molar-refractivity contribution in [2.24, 2.45) is 7.05 Å². The minimum Gasteiger partial charge on any atom is -0.274 e. The monoisotopic (exact) mass is 322 g/mol. The first-order valence-electron chi connectivity index (χ1n) is 6.24. The molecule has 0 unspecified atom stereocenters. The van der Waals surface area contributed by atoms with Crippen LogP contribution < -0.4 is 0 Å². The second kappa shape index (κ2) is 5.43. The van der Waals surface area contributed by atoms with Gasteiger partial charge in [0.2, 0.25) is 20.0 Å². The largest absolute Gasteiger partial charge is 0.274 e. The van der Waals surface area contributed by atoms with E-state index in [1.807, 2.05) is 0 Å². The van der Waals surface area contributed by atoms with Crippen LogP contribution in [0.1, 0.15) is 6.92 Å². The van der Waals surface area contributed by atoms with E-state index < -0.39 is 20.0 Å². The third-order valence-corrected chi connectivity index (χ3v) is 7.01. The normalized spacial score (nSPS) is 19.3. The topological polar surface area (TPSA) is 92.6 Å². The van der Waals surface area contributed by atoms with E-state index in [1.54, 1.807) is 14.0 Å². The van der Waals surface area contributed by atoms with Crippen LogP contribution in [0, 0.1) is 0 Å². The summed E-state index contributed by atoms with van der Waals surface area (Å²) >= 11 is 0. The molecule has 1 aromatic heterocycles. The van der Waals surface area contributed by atoms with Gasteiger partial charge in [0, 0.05) is 39.4 Å². The first-order valence-corrected chi connectivity index (χ1v) is 9.29. The summed E-state index contributed by atoms with van der Waals surface area (Å²) < 4.78 is 52.2. The predicted octanol–water partition coefficient (Wildman–Crippen LogP) is -0.924. The predicted molar refractivity (Wildman–Crippen MR) is 73.0 cm³/mol.